The second-order valence-electron chi connectivity index (χ2n) is 5.28. The molecular formula is C16H24N3O3P. The average molecular weight is 337 g/mol. The molecule has 1 aromatic carbocycles. The number of carbonyl (C=O) groups excluding carboxylic acids is 3. The highest BCUT2D eigenvalue weighted by Crippen LogP contribution is 2.19. The Morgan fingerprint density at radius 2 is 1.78 bits per heavy atom. The minimum absolute atomic E-state index is 0.169. The molecule has 1 N–H and O–H groups in total. The fourth-order valence-electron chi connectivity index (χ4n) is 2.28. The molecule has 23 heavy (non-hydrogen) atoms. The molecule has 7 heteroatoms. The molecule has 0 aromatic heterocycles. The highest BCUT2D eigenvalue weighted by molar-refractivity contribution is 7.13. The molecule has 0 bridgehead atoms. The smallest absolute Gasteiger partial charge is 0.328 e. The average Bonchev–Trinajstić information content (AvgIpc) is 2.52. The van der Waals surface area contributed by atoms with Crippen molar-refractivity contribution in [3.8, 4) is 0 Å². The summed E-state index contributed by atoms with van der Waals surface area (Å²) < 4.78 is 1.83. The Kier molecular flexibility index (Phi) is 7.33. The van der Waals surface area contributed by atoms with Gasteiger partial charge in [-0.1, -0.05) is 28.4 Å². The van der Waals surface area contributed by atoms with E-state index in [0.717, 1.165) is 10.5 Å². The van der Waals surface area contributed by atoms with Crippen LogP contribution in [0, 0.1) is 0 Å². The van der Waals surface area contributed by atoms with Crippen LogP contribution in [0.15, 0.2) is 24.3 Å². The number of hydrogen-bond acceptors (Lipinski definition) is 4. The number of anilines is 1. The van der Waals surface area contributed by atoms with Gasteiger partial charge >= 0.3 is 6.03 Å². The van der Waals surface area contributed by atoms with E-state index in [1.165, 1.54) is 14.0 Å². The lowest BCUT2D eigenvalue weighted by molar-refractivity contribution is -0.122. The lowest BCUT2D eigenvalue weighted by Gasteiger charge is -2.23. The monoisotopic (exact) mass is 337 g/mol. The number of hydrogen-bond donors (Lipinski definition) is 1. The molecule has 0 aliphatic carbocycles. The molecule has 0 aliphatic heterocycles. The number of amides is 3. The van der Waals surface area contributed by atoms with E-state index in [9.17, 15) is 14.4 Å². The molecule has 1 rings (SSSR count). The van der Waals surface area contributed by atoms with E-state index in [-0.39, 0.29) is 17.7 Å². The third kappa shape index (κ3) is 5.12. The van der Waals surface area contributed by atoms with Crippen LogP contribution in [0.1, 0.15) is 25.8 Å². The Morgan fingerprint density at radius 1 is 1.22 bits per heavy atom. The van der Waals surface area contributed by atoms with E-state index in [4.69, 9.17) is 0 Å². The first-order chi connectivity index (χ1) is 10.8. The number of likely N-dealkylation sites (N-methyl/N-ethyl adjacent to an activating group) is 1. The maximum atomic E-state index is 12.0. The van der Waals surface area contributed by atoms with Crippen molar-refractivity contribution in [2.75, 3.05) is 19.0 Å². The maximum absolute atomic E-state index is 12.0. The number of urea groups is 1. The molecule has 0 heterocycles. The standard InChI is InChI=1S/C16H24N3O3P/c1-5-15(21)14(18(4)23)10-12-6-8-13(9-7-12)19(11(2)20)16(22)17-3/h6-9,14H,5,10,23H2,1-4H3,(H,17,22)/t14-/m0/s1. The summed E-state index contributed by atoms with van der Waals surface area (Å²) in [5, 5.41) is 2.44. The van der Waals surface area contributed by atoms with E-state index in [1.807, 2.05) is 30.8 Å². The van der Waals surface area contributed by atoms with Crippen LogP contribution < -0.4 is 10.2 Å². The minimum atomic E-state index is -0.478. The molecule has 1 unspecified atom stereocenters. The highest BCUT2D eigenvalue weighted by atomic mass is 31.0. The Hall–Kier alpha value is -1.78. The second-order valence-corrected chi connectivity index (χ2v) is 6.10. The third-order valence-electron chi connectivity index (χ3n) is 3.57. The third-order valence-corrected chi connectivity index (χ3v) is 3.93. The zero-order valence-corrected chi connectivity index (χ0v) is 15.2. The van der Waals surface area contributed by atoms with Crippen LogP contribution in [0.2, 0.25) is 0 Å². The number of nitrogens with one attached hydrogen (secondary N) is 1. The summed E-state index contributed by atoms with van der Waals surface area (Å²) in [6.07, 6.45) is 1.06. The van der Waals surface area contributed by atoms with Crippen LogP contribution in [0.4, 0.5) is 10.5 Å². The van der Waals surface area contributed by atoms with Crippen molar-refractivity contribution < 1.29 is 14.4 Å². The molecule has 1 aromatic rings. The molecule has 126 valence electrons. The van der Waals surface area contributed by atoms with Gasteiger partial charge in [-0.25, -0.2) is 9.69 Å². The number of imide groups is 1. The summed E-state index contributed by atoms with van der Waals surface area (Å²) in [4.78, 5) is 36.5. The van der Waals surface area contributed by atoms with Gasteiger partial charge in [0.05, 0.1) is 11.7 Å². The lowest BCUT2D eigenvalue weighted by atomic mass is 10.0. The summed E-state index contributed by atoms with van der Waals surface area (Å²) >= 11 is 0. The van der Waals surface area contributed by atoms with E-state index in [0.29, 0.717) is 18.5 Å². The molecule has 3 amide bonds. The van der Waals surface area contributed by atoms with Crippen molar-refractivity contribution >= 4 is 32.8 Å². The van der Waals surface area contributed by atoms with Crippen LogP contribution in [0.25, 0.3) is 0 Å². The first-order valence-electron chi connectivity index (χ1n) is 7.43. The van der Waals surface area contributed by atoms with Gasteiger partial charge < -0.3 is 5.32 Å². The maximum Gasteiger partial charge on any atom is 0.328 e. The highest BCUT2D eigenvalue weighted by Gasteiger charge is 2.21. The topological polar surface area (TPSA) is 69.7 Å². The predicted octanol–water partition coefficient (Wildman–Crippen LogP) is 1.99. The van der Waals surface area contributed by atoms with Gasteiger partial charge in [-0.15, -0.1) is 0 Å². The zero-order chi connectivity index (χ0) is 17.6. The van der Waals surface area contributed by atoms with Crippen LogP contribution in [0.3, 0.4) is 0 Å². The second kappa shape index (κ2) is 8.75. The van der Waals surface area contributed by atoms with Gasteiger partial charge in [0, 0.05) is 20.4 Å². The number of rotatable bonds is 6. The number of benzene rings is 1. The van der Waals surface area contributed by atoms with Gasteiger partial charge in [0.2, 0.25) is 5.91 Å². The van der Waals surface area contributed by atoms with E-state index < -0.39 is 6.03 Å². The zero-order valence-electron chi connectivity index (χ0n) is 14.0. The molecule has 6 nitrogen and oxygen atoms in total. The fourth-order valence-corrected chi connectivity index (χ4v) is 2.55. The predicted molar refractivity (Wildman–Crippen MR) is 94.3 cm³/mol. The van der Waals surface area contributed by atoms with E-state index >= 15 is 0 Å². The number of carbonyl (C=O) groups is 3. The summed E-state index contributed by atoms with van der Waals surface area (Å²) in [7, 11) is 5.85. The molecular weight excluding hydrogens is 313 g/mol. The number of nitrogens with zero attached hydrogens (tertiary/aromatic N) is 2. The molecule has 0 radical (unpaired) electrons. The number of ketones is 1. The Balaban J connectivity index is 2.97. The Labute approximate surface area is 139 Å². The van der Waals surface area contributed by atoms with E-state index in [1.54, 1.807) is 12.1 Å². The molecule has 0 aliphatic rings. The Morgan fingerprint density at radius 3 is 2.17 bits per heavy atom. The molecule has 0 fully saturated rings. The SMILES string of the molecule is CCC(=O)[C@H](Cc1ccc(N(C(C)=O)C(=O)NC)cc1)N(C)P. The van der Waals surface area contributed by atoms with Gasteiger partial charge in [-0.05, 0) is 31.2 Å². The minimum Gasteiger partial charge on any atom is -0.340 e. The van der Waals surface area contributed by atoms with Gasteiger partial charge in [0.25, 0.3) is 0 Å². The molecule has 0 saturated heterocycles. The van der Waals surface area contributed by atoms with Crippen molar-refractivity contribution in [2.24, 2.45) is 0 Å². The van der Waals surface area contributed by atoms with Crippen molar-refractivity contribution in [1.29, 1.82) is 0 Å². The van der Waals surface area contributed by atoms with Crippen molar-refractivity contribution in [2.45, 2.75) is 32.7 Å². The van der Waals surface area contributed by atoms with Crippen molar-refractivity contribution in [1.82, 2.24) is 9.99 Å². The first-order valence-corrected chi connectivity index (χ1v) is 7.95. The fraction of sp³-hybridized carbons (Fsp3) is 0.438. The van der Waals surface area contributed by atoms with Crippen LogP contribution in [0.5, 0.6) is 0 Å². The largest absolute Gasteiger partial charge is 0.340 e. The first kappa shape index (κ1) is 19.3. The molecule has 0 saturated carbocycles. The van der Waals surface area contributed by atoms with E-state index in [2.05, 4.69) is 14.7 Å². The molecule has 2 atom stereocenters. The quantitative estimate of drug-likeness (QED) is 0.806. The van der Waals surface area contributed by atoms with Gasteiger partial charge in [0.1, 0.15) is 5.78 Å². The van der Waals surface area contributed by atoms with Crippen molar-refractivity contribution in [3.05, 3.63) is 29.8 Å². The van der Waals surface area contributed by atoms with Crippen molar-refractivity contribution in [3.63, 3.8) is 0 Å². The Bertz CT molecular complexity index is 572. The van der Waals surface area contributed by atoms with Crippen LogP contribution >= 0.6 is 9.39 Å². The number of Topliss-reactive ketones (excluding diaryl/α,β-unsaturated/α-hetero) is 1. The normalized spacial score (nSPS) is 11.9. The summed E-state index contributed by atoms with van der Waals surface area (Å²) in [6.45, 7) is 3.18. The van der Waals surface area contributed by atoms with Gasteiger partial charge in [-0.2, -0.15) is 0 Å². The van der Waals surface area contributed by atoms with Gasteiger partial charge in [0.15, 0.2) is 0 Å². The van der Waals surface area contributed by atoms with Gasteiger partial charge in [-0.3, -0.25) is 14.3 Å². The summed E-state index contributed by atoms with van der Waals surface area (Å²) in [5.41, 5.74) is 1.47. The van der Waals surface area contributed by atoms with Crippen LogP contribution in [-0.2, 0) is 16.0 Å². The summed E-state index contributed by atoms with van der Waals surface area (Å²) in [6, 6.07) is 6.40. The molecule has 0 spiro atoms. The summed E-state index contributed by atoms with van der Waals surface area (Å²) in [5.74, 6) is -0.192. The van der Waals surface area contributed by atoms with Crippen LogP contribution in [-0.4, -0.2) is 42.5 Å². The lowest BCUT2D eigenvalue weighted by Crippen LogP contribution is -2.41.